The first-order chi connectivity index (χ1) is 15.4. The Morgan fingerprint density at radius 3 is 2.56 bits per heavy atom. The molecule has 10 nitrogen and oxygen atoms in total. The first-order valence-electron chi connectivity index (χ1n) is 10.2. The number of hydrogen-bond acceptors (Lipinski definition) is 6. The topological polar surface area (TPSA) is 150 Å². The number of aromatic nitrogens is 1. The number of ether oxygens (including phenoxy) is 1. The van der Waals surface area contributed by atoms with Gasteiger partial charge in [-0.25, -0.2) is 0 Å². The van der Waals surface area contributed by atoms with Gasteiger partial charge in [0.15, 0.2) is 0 Å². The number of amidine groups is 1. The van der Waals surface area contributed by atoms with Gasteiger partial charge in [0, 0.05) is 37.6 Å². The molecule has 1 fully saturated rings. The molecule has 1 saturated heterocycles. The molecule has 0 bridgehead atoms. The van der Waals surface area contributed by atoms with E-state index in [4.69, 9.17) is 15.9 Å². The Labute approximate surface area is 185 Å². The van der Waals surface area contributed by atoms with Crippen LogP contribution in [0.3, 0.4) is 0 Å². The molecule has 168 valence electrons. The second kappa shape index (κ2) is 10.4. The van der Waals surface area contributed by atoms with Crippen LogP contribution in [0.1, 0.15) is 30.0 Å². The van der Waals surface area contributed by atoms with Gasteiger partial charge in [-0.2, -0.15) is 0 Å². The Bertz CT molecular complexity index is 980. The van der Waals surface area contributed by atoms with Crippen LogP contribution < -0.4 is 10.5 Å². The van der Waals surface area contributed by atoms with E-state index in [2.05, 4.69) is 4.98 Å². The molecule has 2 aromatic rings. The van der Waals surface area contributed by atoms with E-state index in [0.717, 1.165) is 0 Å². The zero-order valence-corrected chi connectivity index (χ0v) is 17.4. The number of carboxylic acids is 1. The molecule has 0 saturated carbocycles. The maximum absolute atomic E-state index is 12.7. The molecule has 2 heterocycles. The van der Waals surface area contributed by atoms with Gasteiger partial charge < -0.3 is 25.4 Å². The minimum Gasteiger partial charge on any atom is -0.494 e. The van der Waals surface area contributed by atoms with Gasteiger partial charge in [-0.3, -0.25) is 24.8 Å². The third-order valence-corrected chi connectivity index (χ3v) is 5.16. The summed E-state index contributed by atoms with van der Waals surface area (Å²) in [5.74, 6) is -1.83. The summed E-state index contributed by atoms with van der Waals surface area (Å²) in [7, 11) is 0. The molecule has 4 N–H and O–H groups in total. The van der Waals surface area contributed by atoms with Crippen LogP contribution >= 0.6 is 0 Å². The Morgan fingerprint density at radius 2 is 1.94 bits per heavy atom. The molecule has 32 heavy (non-hydrogen) atoms. The van der Waals surface area contributed by atoms with Gasteiger partial charge in [-0.05, 0) is 42.3 Å². The zero-order chi connectivity index (χ0) is 23.1. The number of nitrogens with two attached hydrogens (primary N) is 1. The van der Waals surface area contributed by atoms with Crippen molar-refractivity contribution >= 4 is 23.6 Å². The zero-order valence-electron chi connectivity index (χ0n) is 17.4. The van der Waals surface area contributed by atoms with Crippen LogP contribution in [0.4, 0.5) is 0 Å². The molecule has 1 aromatic heterocycles. The largest absolute Gasteiger partial charge is 0.494 e. The summed E-state index contributed by atoms with van der Waals surface area (Å²) in [6.45, 7) is 1.25. The van der Waals surface area contributed by atoms with Crippen LogP contribution in [0.2, 0.25) is 0 Å². The molecule has 0 unspecified atom stereocenters. The molecule has 1 aromatic carbocycles. The molecule has 2 amide bonds. The summed E-state index contributed by atoms with van der Waals surface area (Å²) in [4.78, 5) is 43.5. The average Bonchev–Trinajstić information content (AvgIpc) is 2.79. The Morgan fingerprint density at radius 1 is 1.19 bits per heavy atom. The third-order valence-electron chi connectivity index (χ3n) is 5.16. The third kappa shape index (κ3) is 5.60. The van der Waals surface area contributed by atoms with Crippen LogP contribution in [-0.4, -0.2) is 69.8 Å². The van der Waals surface area contributed by atoms with E-state index in [0.29, 0.717) is 43.0 Å². The van der Waals surface area contributed by atoms with Crippen LogP contribution in [0.5, 0.6) is 5.75 Å². The summed E-state index contributed by atoms with van der Waals surface area (Å²) < 4.78 is 5.64. The highest BCUT2D eigenvalue weighted by molar-refractivity contribution is 6.35. The fourth-order valence-electron chi connectivity index (χ4n) is 3.52. The van der Waals surface area contributed by atoms with Crippen molar-refractivity contribution in [3.8, 4) is 5.75 Å². The molecule has 3 rings (SSSR count). The van der Waals surface area contributed by atoms with Gasteiger partial charge in [-0.1, -0.05) is 6.07 Å². The van der Waals surface area contributed by atoms with E-state index >= 15 is 0 Å². The first kappa shape index (κ1) is 22.7. The van der Waals surface area contributed by atoms with Gasteiger partial charge in [0.2, 0.25) is 0 Å². The summed E-state index contributed by atoms with van der Waals surface area (Å²) in [5, 5.41) is 16.7. The number of piperazine rings is 1. The standard InChI is InChI=1S/C22H25N5O5/c23-20(24)15-4-6-17(7-5-15)32-12-2-9-26-10-11-27(22(31)21(26)30)18(13-19(28)29)16-3-1-8-25-14-16/h1,3-8,14,18H,2,9-13H2,(H3,23,24)(H,28,29)/t18-/m0/s1. The van der Waals surface area contributed by atoms with Crippen LogP contribution in [-0.2, 0) is 14.4 Å². The molecule has 1 aliphatic rings. The van der Waals surface area contributed by atoms with Gasteiger partial charge in [-0.15, -0.1) is 0 Å². The number of pyridine rings is 1. The molecular weight excluding hydrogens is 414 g/mol. The van der Waals surface area contributed by atoms with E-state index in [1.807, 2.05) is 0 Å². The monoisotopic (exact) mass is 439 g/mol. The molecule has 0 spiro atoms. The molecule has 1 aliphatic heterocycles. The number of nitrogen functional groups attached to an aromatic ring is 1. The summed E-state index contributed by atoms with van der Waals surface area (Å²) in [6, 6.07) is 9.42. The van der Waals surface area contributed by atoms with Crippen LogP contribution in [0, 0.1) is 5.41 Å². The number of benzene rings is 1. The van der Waals surface area contributed by atoms with E-state index in [9.17, 15) is 19.5 Å². The highest BCUT2D eigenvalue weighted by atomic mass is 16.5. The van der Waals surface area contributed by atoms with E-state index < -0.39 is 23.8 Å². The molecular formula is C22H25N5O5. The highest BCUT2D eigenvalue weighted by Crippen LogP contribution is 2.26. The first-order valence-corrected chi connectivity index (χ1v) is 10.2. The van der Waals surface area contributed by atoms with E-state index in [-0.39, 0.29) is 18.8 Å². The summed E-state index contributed by atoms with van der Waals surface area (Å²) >= 11 is 0. The van der Waals surface area contributed by atoms with Crippen molar-refractivity contribution in [2.75, 3.05) is 26.2 Å². The van der Waals surface area contributed by atoms with Crippen LogP contribution in [0.25, 0.3) is 0 Å². The predicted octanol–water partition coefficient (Wildman–Crippen LogP) is 1.02. The van der Waals surface area contributed by atoms with Crippen molar-refractivity contribution in [1.82, 2.24) is 14.8 Å². The smallest absolute Gasteiger partial charge is 0.312 e. The Hall–Kier alpha value is -3.95. The molecule has 1 atom stereocenters. The molecule has 10 heteroatoms. The van der Waals surface area contributed by atoms with Gasteiger partial charge in [0.1, 0.15) is 11.6 Å². The Balaban J connectivity index is 1.53. The summed E-state index contributed by atoms with van der Waals surface area (Å²) in [6.07, 6.45) is 3.29. The van der Waals surface area contributed by atoms with Crippen molar-refractivity contribution in [3.05, 3.63) is 59.9 Å². The van der Waals surface area contributed by atoms with Crippen molar-refractivity contribution in [2.24, 2.45) is 5.73 Å². The van der Waals surface area contributed by atoms with Crippen LogP contribution in [0.15, 0.2) is 48.8 Å². The number of aliphatic carboxylic acids is 1. The van der Waals surface area contributed by atoms with E-state index in [1.165, 1.54) is 16.0 Å². The van der Waals surface area contributed by atoms with Crippen molar-refractivity contribution < 1.29 is 24.2 Å². The number of amides is 2. The fourth-order valence-corrected chi connectivity index (χ4v) is 3.52. The minimum absolute atomic E-state index is 0.0204. The maximum atomic E-state index is 12.7. The van der Waals surface area contributed by atoms with Crippen molar-refractivity contribution in [3.63, 3.8) is 0 Å². The lowest BCUT2D eigenvalue weighted by Crippen LogP contribution is -2.55. The van der Waals surface area contributed by atoms with Gasteiger partial charge >= 0.3 is 17.8 Å². The van der Waals surface area contributed by atoms with E-state index in [1.54, 1.807) is 42.6 Å². The summed E-state index contributed by atoms with van der Waals surface area (Å²) in [5.41, 5.74) is 6.60. The van der Waals surface area contributed by atoms with Crippen molar-refractivity contribution in [1.29, 1.82) is 5.41 Å². The number of carboxylic acid groups (broad SMARTS) is 1. The lowest BCUT2D eigenvalue weighted by Gasteiger charge is -2.38. The number of rotatable bonds is 10. The number of nitrogens with zero attached hydrogens (tertiary/aromatic N) is 3. The second-order valence-electron chi connectivity index (χ2n) is 7.33. The quantitative estimate of drug-likeness (QED) is 0.216. The number of nitrogens with one attached hydrogen (secondary N) is 1. The number of carbonyl (C=O) groups excluding carboxylic acids is 2. The molecule has 0 aliphatic carbocycles. The van der Waals surface area contributed by atoms with Crippen molar-refractivity contribution in [2.45, 2.75) is 18.9 Å². The second-order valence-corrected chi connectivity index (χ2v) is 7.33. The normalized spacial score (nSPS) is 14.9. The fraction of sp³-hybridized carbons (Fsp3) is 0.318. The number of carbonyl (C=O) groups is 3. The molecule has 0 radical (unpaired) electrons. The lowest BCUT2D eigenvalue weighted by atomic mass is 10.0. The SMILES string of the molecule is N=C(N)c1ccc(OCCCN2CCN([C@@H](CC(=O)O)c3cccnc3)C(=O)C2=O)cc1. The maximum Gasteiger partial charge on any atom is 0.312 e. The number of hydrogen-bond donors (Lipinski definition) is 3. The van der Waals surface area contributed by atoms with Gasteiger partial charge in [0.25, 0.3) is 0 Å². The lowest BCUT2D eigenvalue weighted by molar-refractivity contribution is -0.159. The average molecular weight is 439 g/mol. The van der Waals surface area contributed by atoms with Gasteiger partial charge in [0.05, 0.1) is 19.1 Å². The Kier molecular flexibility index (Phi) is 7.37. The minimum atomic E-state index is -1.06. The highest BCUT2D eigenvalue weighted by Gasteiger charge is 2.37. The predicted molar refractivity (Wildman–Crippen MR) is 115 cm³/mol.